The van der Waals surface area contributed by atoms with E-state index in [2.05, 4.69) is 33.0 Å². The van der Waals surface area contributed by atoms with E-state index in [1.807, 2.05) is 0 Å². The van der Waals surface area contributed by atoms with Crippen molar-refractivity contribution in [2.75, 3.05) is 33.0 Å². The Kier molecular flexibility index (Phi) is 10.3. The summed E-state index contributed by atoms with van der Waals surface area (Å²) in [5, 5.41) is 3.42. The molecule has 1 N–H and O–H groups in total. The first-order chi connectivity index (χ1) is 7.18. The molecule has 0 spiro atoms. The monoisotopic (exact) mass is 217 g/mol. The Bertz CT molecular complexity index is 129. The van der Waals surface area contributed by atoms with Gasteiger partial charge in [0.15, 0.2) is 0 Å². The summed E-state index contributed by atoms with van der Waals surface area (Å²) in [7, 11) is 0. The second kappa shape index (κ2) is 10.4. The van der Waals surface area contributed by atoms with E-state index in [4.69, 9.17) is 9.47 Å². The Hall–Kier alpha value is -0.120. The largest absolute Gasteiger partial charge is 0.379 e. The smallest absolute Gasteiger partial charge is 0.0701 e. The minimum Gasteiger partial charge on any atom is -0.379 e. The van der Waals surface area contributed by atoms with Crippen molar-refractivity contribution in [3.05, 3.63) is 0 Å². The highest BCUT2D eigenvalue weighted by molar-refractivity contribution is 4.63. The molecule has 0 aliphatic heterocycles. The molecule has 0 aliphatic carbocycles. The van der Waals surface area contributed by atoms with Crippen molar-refractivity contribution in [1.82, 2.24) is 5.32 Å². The summed E-state index contributed by atoms with van der Waals surface area (Å²) in [5.74, 6) is 0.679. The Balaban J connectivity index is 3.05. The van der Waals surface area contributed by atoms with Crippen LogP contribution in [0, 0.1) is 5.92 Å². The summed E-state index contributed by atoms with van der Waals surface area (Å²) >= 11 is 0. The molecule has 0 amide bonds. The second-order valence-corrected chi connectivity index (χ2v) is 4.21. The molecule has 0 heterocycles. The third-order valence-corrected chi connectivity index (χ3v) is 2.43. The Morgan fingerprint density at radius 3 is 2.07 bits per heavy atom. The van der Waals surface area contributed by atoms with E-state index in [1.165, 1.54) is 0 Å². The summed E-state index contributed by atoms with van der Waals surface area (Å²) in [4.78, 5) is 0. The van der Waals surface area contributed by atoms with Crippen LogP contribution in [0.5, 0.6) is 0 Å². The fraction of sp³-hybridized carbons (Fsp3) is 1.00. The maximum atomic E-state index is 5.42. The van der Waals surface area contributed by atoms with E-state index < -0.39 is 0 Å². The van der Waals surface area contributed by atoms with Crippen molar-refractivity contribution in [2.45, 2.75) is 40.2 Å². The van der Waals surface area contributed by atoms with Crippen LogP contribution in [0.3, 0.4) is 0 Å². The Labute approximate surface area is 94.5 Å². The number of ether oxygens (including phenoxy) is 2. The second-order valence-electron chi connectivity index (χ2n) is 4.21. The SMILES string of the molecule is CCCOCCOCCNC(C)C(C)C. The lowest BCUT2D eigenvalue weighted by molar-refractivity contribution is 0.0482. The van der Waals surface area contributed by atoms with E-state index in [-0.39, 0.29) is 0 Å². The molecule has 15 heavy (non-hydrogen) atoms. The maximum absolute atomic E-state index is 5.42. The first-order valence-electron chi connectivity index (χ1n) is 6.07. The molecule has 0 fully saturated rings. The normalized spacial score (nSPS) is 13.4. The van der Waals surface area contributed by atoms with Crippen LogP contribution in [0.15, 0.2) is 0 Å². The van der Waals surface area contributed by atoms with Gasteiger partial charge < -0.3 is 14.8 Å². The molecule has 0 aliphatic rings. The van der Waals surface area contributed by atoms with Gasteiger partial charge >= 0.3 is 0 Å². The molecule has 3 heteroatoms. The van der Waals surface area contributed by atoms with Crippen molar-refractivity contribution >= 4 is 0 Å². The van der Waals surface area contributed by atoms with Crippen LogP contribution >= 0.6 is 0 Å². The lowest BCUT2D eigenvalue weighted by Gasteiger charge is -2.17. The minimum atomic E-state index is 0.560. The van der Waals surface area contributed by atoms with Crippen molar-refractivity contribution in [2.24, 2.45) is 5.92 Å². The van der Waals surface area contributed by atoms with Gasteiger partial charge in [-0.15, -0.1) is 0 Å². The van der Waals surface area contributed by atoms with Gasteiger partial charge in [0.25, 0.3) is 0 Å². The van der Waals surface area contributed by atoms with Crippen LogP contribution in [-0.2, 0) is 9.47 Å². The molecule has 0 bridgehead atoms. The number of hydrogen-bond acceptors (Lipinski definition) is 3. The molecule has 1 unspecified atom stereocenters. The van der Waals surface area contributed by atoms with Crippen LogP contribution in [0.4, 0.5) is 0 Å². The van der Waals surface area contributed by atoms with Crippen molar-refractivity contribution in [1.29, 1.82) is 0 Å². The number of hydrogen-bond donors (Lipinski definition) is 1. The van der Waals surface area contributed by atoms with Crippen LogP contribution < -0.4 is 5.32 Å². The zero-order valence-electron chi connectivity index (χ0n) is 10.7. The molecule has 0 radical (unpaired) electrons. The highest BCUT2D eigenvalue weighted by Gasteiger charge is 2.04. The van der Waals surface area contributed by atoms with Gasteiger partial charge in [-0.1, -0.05) is 20.8 Å². The summed E-state index contributed by atoms with van der Waals surface area (Å²) in [6.07, 6.45) is 1.08. The van der Waals surface area contributed by atoms with Crippen molar-refractivity contribution in [3.8, 4) is 0 Å². The molecule has 0 saturated heterocycles. The Morgan fingerprint density at radius 1 is 0.933 bits per heavy atom. The van der Waals surface area contributed by atoms with Gasteiger partial charge in [0.2, 0.25) is 0 Å². The zero-order valence-corrected chi connectivity index (χ0v) is 10.7. The van der Waals surface area contributed by atoms with E-state index >= 15 is 0 Å². The van der Waals surface area contributed by atoms with Crippen molar-refractivity contribution < 1.29 is 9.47 Å². The van der Waals surface area contributed by atoms with Crippen molar-refractivity contribution in [3.63, 3.8) is 0 Å². The van der Waals surface area contributed by atoms with Crippen LogP contribution in [-0.4, -0.2) is 39.0 Å². The first-order valence-corrected chi connectivity index (χ1v) is 6.07. The maximum Gasteiger partial charge on any atom is 0.0701 e. The lowest BCUT2D eigenvalue weighted by Crippen LogP contribution is -2.33. The molecule has 92 valence electrons. The fourth-order valence-electron chi connectivity index (χ4n) is 1.06. The molecule has 0 rings (SSSR count). The van der Waals surface area contributed by atoms with Crippen LogP contribution in [0.1, 0.15) is 34.1 Å². The highest BCUT2D eigenvalue weighted by atomic mass is 16.5. The molecule has 0 saturated carbocycles. The molecule has 1 atom stereocenters. The standard InChI is InChI=1S/C12H27NO2/c1-5-7-14-9-10-15-8-6-13-12(4)11(2)3/h11-13H,5-10H2,1-4H3. The molecular formula is C12H27NO2. The molecule has 0 aromatic carbocycles. The predicted octanol–water partition coefficient (Wildman–Crippen LogP) is 2.06. The van der Waals surface area contributed by atoms with Gasteiger partial charge in [0, 0.05) is 19.2 Å². The summed E-state index contributed by atoms with van der Waals surface area (Å²) in [5.41, 5.74) is 0. The molecular weight excluding hydrogens is 190 g/mol. The van der Waals surface area contributed by atoms with Crippen LogP contribution in [0.2, 0.25) is 0 Å². The van der Waals surface area contributed by atoms with Crippen LogP contribution in [0.25, 0.3) is 0 Å². The van der Waals surface area contributed by atoms with Gasteiger partial charge in [-0.3, -0.25) is 0 Å². The third-order valence-electron chi connectivity index (χ3n) is 2.43. The van der Waals surface area contributed by atoms with Gasteiger partial charge in [-0.05, 0) is 19.3 Å². The average Bonchev–Trinajstić information content (AvgIpc) is 2.21. The first kappa shape index (κ1) is 14.9. The quantitative estimate of drug-likeness (QED) is 0.568. The van der Waals surface area contributed by atoms with Gasteiger partial charge in [-0.25, -0.2) is 0 Å². The van der Waals surface area contributed by atoms with Gasteiger partial charge in [-0.2, -0.15) is 0 Å². The molecule has 0 aromatic heterocycles. The van der Waals surface area contributed by atoms with E-state index in [1.54, 1.807) is 0 Å². The van der Waals surface area contributed by atoms with E-state index in [0.29, 0.717) is 25.2 Å². The van der Waals surface area contributed by atoms with E-state index in [9.17, 15) is 0 Å². The van der Waals surface area contributed by atoms with E-state index in [0.717, 1.165) is 26.2 Å². The van der Waals surface area contributed by atoms with Gasteiger partial charge in [0.1, 0.15) is 0 Å². The summed E-state index contributed by atoms with van der Waals surface area (Å²) in [6.45, 7) is 12.7. The molecule has 0 aromatic rings. The Morgan fingerprint density at radius 2 is 1.53 bits per heavy atom. The fourth-order valence-corrected chi connectivity index (χ4v) is 1.06. The average molecular weight is 217 g/mol. The number of nitrogens with one attached hydrogen (secondary N) is 1. The third kappa shape index (κ3) is 10.2. The zero-order chi connectivity index (χ0) is 11.5. The predicted molar refractivity (Wildman–Crippen MR) is 64.2 cm³/mol. The molecule has 3 nitrogen and oxygen atoms in total. The highest BCUT2D eigenvalue weighted by Crippen LogP contribution is 1.98. The summed E-state index contributed by atoms with van der Waals surface area (Å²) < 4.78 is 10.7. The topological polar surface area (TPSA) is 30.5 Å². The summed E-state index contributed by atoms with van der Waals surface area (Å²) in [6, 6.07) is 0.560. The van der Waals surface area contributed by atoms with Gasteiger partial charge in [0.05, 0.1) is 19.8 Å². The minimum absolute atomic E-state index is 0.560. The lowest BCUT2D eigenvalue weighted by atomic mass is 10.1. The number of rotatable bonds is 10.